The summed E-state index contributed by atoms with van der Waals surface area (Å²) in [4.78, 5) is 2.25. The van der Waals surface area contributed by atoms with Crippen LogP contribution in [0.1, 0.15) is 31.4 Å². The fourth-order valence-corrected chi connectivity index (χ4v) is 2.06. The largest absolute Gasteiger partial charge is 0.417 e. The van der Waals surface area contributed by atoms with E-state index in [1.165, 1.54) is 12.1 Å². The van der Waals surface area contributed by atoms with Crippen molar-refractivity contribution in [2.45, 2.75) is 26.4 Å². The van der Waals surface area contributed by atoms with Gasteiger partial charge in [0, 0.05) is 12.2 Å². The Kier molecular flexibility index (Phi) is 6.50. The van der Waals surface area contributed by atoms with Crippen LogP contribution in [0.25, 0.3) is 0 Å². The number of nitrogens with zero attached hydrogens (tertiary/aromatic N) is 2. The molecule has 0 bridgehead atoms. The van der Waals surface area contributed by atoms with Crippen molar-refractivity contribution < 1.29 is 13.2 Å². The molecule has 1 aromatic rings. The van der Waals surface area contributed by atoms with E-state index in [1.54, 1.807) is 6.07 Å². The van der Waals surface area contributed by atoms with Crippen LogP contribution in [0.3, 0.4) is 0 Å². The van der Waals surface area contributed by atoms with Crippen LogP contribution in [0.5, 0.6) is 0 Å². The Morgan fingerprint density at radius 2 is 1.90 bits per heavy atom. The van der Waals surface area contributed by atoms with Gasteiger partial charge >= 0.3 is 6.18 Å². The van der Waals surface area contributed by atoms with Crippen molar-refractivity contribution in [1.29, 1.82) is 5.26 Å². The standard InChI is InChI=1S/C15H20F3N3/c1-3-21(4-2)9-5-8-20-13-7-6-12(11-19)14(10-13)15(16,17)18/h6-7,10,20H,3-5,8-9H2,1-2H3. The van der Waals surface area contributed by atoms with Gasteiger partial charge in [-0.05, 0) is 44.3 Å². The van der Waals surface area contributed by atoms with Crippen LogP contribution < -0.4 is 5.32 Å². The van der Waals surface area contributed by atoms with Crippen LogP contribution in [0, 0.1) is 11.3 Å². The first-order valence-corrected chi connectivity index (χ1v) is 7.00. The Hall–Kier alpha value is -1.74. The van der Waals surface area contributed by atoms with Gasteiger partial charge in [0.15, 0.2) is 0 Å². The van der Waals surface area contributed by atoms with E-state index in [4.69, 9.17) is 5.26 Å². The Morgan fingerprint density at radius 1 is 1.24 bits per heavy atom. The second kappa shape index (κ2) is 7.89. The van der Waals surface area contributed by atoms with Gasteiger partial charge in [-0.3, -0.25) is 0 Å². The van der Waals surface area contributed by atoms with E-state index in [-0.39, 0.29) is 5.56 Å². The van der Waals surface area contributed by atoms with E-state index in [0.717, 1.165) is 32.1 Å². The summed E-state index contributed by atoms with van der Waals surface area (Å²) in [5.41, 5.74) is -0.851. The van der Waals surface area contributed by atoms with Gasteiger partial charge in [0.2, 0.25) is 0 Å². The second-order valence-corrected chi connectivity index (χ2v) is 4.68. The summed E-state index contributed by atoms with van der Waals surface area (Å²) >= 11 is 0. The molecule has 0 radical (unpaired) electrons. The fourth-order valence-electron chi connectivity index (χ4n) is 2.06. The maximum Gasteiger partial charge on any atom is 0.417 e. The minimum atomic E-state index is -4.51. The first-order chi connectivity index (χ1) is 9.92. The Labute approximate surface area is 123 Å². The molecule has 0 atom stereocenters. The van der Waals surface area contributed by atoms with Crippen LogP contribution in [-0.4, -0.2) is 31.1 Å². The Balaban J connectivity index is 2.63. The topological polar surface area (TPSA) is 39.1 Å². The van der Waals surface area contributed by atoms with Gasteiger partial charge in [0.05, 0.1) is 17.2 Å². The van der Waals surface area contributed by atoms with E-state index in [0.29, 0.717) is 12.2 Å². The van der Waals surface area contributed by atoms with Crippen LogP contribution in [0.2, 0.25) is 0 Å². The molecule has 0 saturated carbocycles. The zero-order valence-electron chi connectivity index (χ0n) is 12.3. The van der Waals surface area contributed by atoms with Crippen molar-refractivity contribution in [2.75, 3.05) is 31.5 Å². The SMILES string of the molecule is CCN(CC)CCCNc1ccc(C#N)c(C(F)(F)F)c1. The molecule has 0 amide bonds. The molecule has 1 N–H and O–H groups in total. The molecular formula is C15H20F3N3. The number of anilines is 1. The van der Waals surface area contributed by atoms with Crippen molar-refractivity contribution in [3.05, 3.63) is 29.3 Å². The molecule has 0 aliphatic heterocycles. The maximum absolute atomic E-state index is 12.8. The molecule has 0 saturated heterocycles. The highest BCUT2D eigenvalue weighted by molar-refractivity contribution is 5.53. The Bertz CT molecular complexity index is 488. The summed E-state index contributed by atoms with van der Waals surface area (Å²) in [6, 6.07) is 5.28. The third kappa shape index (κ3) is 5.27. The molecule has 3 nitrogen and oxygen atoms in total. The number of hydrogen-bond acceptors (Lipinski definition) is 3. The number of benzene rings is 1. The lowest BCUT2D eigenvalue weighted by Gasteiger charge is -2.18. The van der Waals surface area contributed by atoms with Crippen LogP contribution in [-0.2, 0) is 6.18 Å². The van der Waals surface area contributed by atoms with Gasteiger partial charge in [-0.1, -0.05) is 13.8 Å². The van der Waals surface area contributed by atoms with Crippen molar-refractivity contribution in [2.24, 2.45) is 0 Å². The molecule has 0 unspecified atom stereocenters. The van der Waals surface area contributed by atoms with E-state index < -0.39 is 11.7 Å². The van der Waals surface area contributed by atoms with Gasteiger partial charge in [0.25, 0.3) is 0 Å². The van der Waals surface area contributed by atoms with E-state index >= 15 is 0 Å². The number of rotatable bonds is 7. The van der Waals surface area contributed by atoms with Gasteiger partial charge in [0.1, 0.15) is 0 Å². The molecule has 0 aromatic heterocycles. The van der Waals surface area contributed by atoms with Gasteiger partial charge in [-0.2, -0.15) is 18.4 Å². The molecule has 1 aromatic carbocycles. The molecule has 0 spiro atoms. The molecule has 0 aliphatic carbocycles. The zero-order valence-corrected chi connectivity index (χ0v) is 12.3. The van der Waals surface area contributed by atoms with Crippen molar-refractivity contribution in [3.8, 4) is 6.07 Å². The predicted molar refractivity (Wildman–Crippen MR) is 77.1 cm³/mol. The molecule has 21 heavy (non-hydrogen) atoms. The first kappa shape index (κ1) is 17.3. The minimum absolute atomic E-state index is 0.351. The highest BCUT2D eigenvalue weighted by Crippen LogP contribution is 2.33. The molecule has 0 fully saturated rings. The lowest BCUT2D eigenvalue weighted by Crippen LogP contribution is -2.25. The normalized spacial score (nSPS) is 11.5. The number of alkyl halides is 3. The predicted octanol–water partition coefficient (Wildman–Crippen LogP) is 3.72. The zero-order chi connectivity index (χ0) is 15.9. The quantitative estimate of drug-likeness (QED) is 0.780. The lowest BCUT2D eigenvalue weighted by molar-refractivity contribution is -0.137. The first-order valence-electron chi connectivity index (χ1n) is 7.00. The van der Waals surface area contributed by atoms with Crippen LogP contribution >= 0.6 is 0 Å². The van der Waals surface area contributed by atoms with Crippen molar-refractivity contribution >= 4 is 5.69 Å². The molecule has 116 valence electrons. The van der Waals surface area contributed by atoms with E-state index in [1.807, 2.05) is 0 Å². The smallest absolute Gasteiger partial charge is 0.385 e. The van der Waals surface area contributed by atoms with Crippen molar-refractivity contribution in [1.82, 2.24) is 4.90 Å². The summed E-state index contributed by atoms with van der Waals surface area (Å²) in [6.45, 7) is 7.58. The Morgan fingerprint density at radius 3 is 2.43 bits per heavy atom. The number of nitriles is 1. The molecule has 1 rings (SSSR count). The molecular weight excluding hydrogens is 279 g/mol. The lowest BCUT2D eigenvalue weighted by atomic mass is 10.1. The highest BCUT2D eigenvalue weighted by atomic mass is 19.4. The summed E-state index contributed by atoms with van der Waals surface area (Å²) in [5, 5.41) is 11.7. The second-order valence-electron chi connectivity index (χ2n) is 4.68. The fraction of sp³-hybridized carbons (Fsp3) is 0.533. The van der Waals surface area contributed by atoms with Crippen molar-refractivity contribution in [3.63, 3.8) is 0 Å². The summed E-state index contributed by atoms with van der Waals surface area (Å²) in [7, 11) is 0. The third-order valence-electron chi connectivity index (χ3n) is 3.32. The average molecular weight is 299 g/mol. The number of halogens is 3. The van der Waals surface area contributed by atoms with Gasteiger partial charge < -0.3 is 10.2 Å². The summed E-state index contributed by atoms with van der Waals surface area (Å²) in [6.07, 6.45) is -3.66. The minimum Gasteiger partial charge on any atom is -0.385 e. The van der Waals surface area contributed by atoms with E-state index in [9.17, 15) is 13.2 Å². The summed E-state index contributed by atoms with van der Waals surface area (Å²) in [5.74, 6) is 0. The molecule has 6 heteroatoms. The molecule has 0 heterocycles. The maximum atomic E-state index is 12.8. The highest BCUT2D eigenvalue weighted by Gasteiger charge is 2.33. The van der Waals surface area contributed by atoms with Gasteiger partial charge in [-0.15, -0.1) is 0 Å². The van der Waals surface area contributed by atoms with Crippen LogP contribution in [0.4, 0.5) is 18.9 Å². The summed E-state index contributed by atoms with van der Waals surface area (Å²) < 4.78 is 38.4. The third-order valence-corrected chi connectivity index (χ3v) is 3.32. The number of nitrogens with one attached hydrogen (secondary N) is 1. The number of hydrogen-bond donors (Lipinski definition) is 1. The van der Waals surface area contributed by atoms with Gasteiger partial charge in [-0.25, -0.2) is 0 Å². The van der Waals surface area contributed by atoms with Crippen LogP contribution in [0.15, 0.2) is 18.2 Å². The monoisotopic (exact) mass is 299 g/mol. The molecule has 0 aliphatic rings. The average Bonchev–Trinajstić information content (AvgIpc) is 2.46. The van der Waals surface area contributed by atoms with E-state index in [2.05, 4.69) is 24.1 Å².